The van der Waals surface area contributed by atoms with Gasteiger partial charge in [0.1, 0.15) is 17.5 Å². The molecule has 6 heteroatoms. The Morgan fingerprint density at radius 2 is 1.54 bits per heavy atom. The zero-order chi connectivity index (χ0) is 26.6. The highest BCUT2D eigenvalue weighted by molar-refractivity contribution is 5.88. The number of hydrogen-bond donors (Lipinski definition) is 1. The number of benzene rings is 3. The molecule has 3 aromatic carbocycles. The first-order chi connectivity index (χ1) is 17.9. The first kappa shape index (κ1) is 27.8. The quantitative estimate of drug-likeness (QED) is 0.321. The molecule has 0 saturated carbocycles. The predicted octanol–water partition coefficient (Wildman–Crippen LogP) is 5.33. The van der Waals surface area contributed by atoms with Crippen molar-refractivity contribution in [3.8, 4) is 11.5 Å². The third kappa shape index (κ3) is 8.67. The van der Waals surface area contributed by atoms with E-state index in [9.17, 15) is 9.59 Å². The molecule has 0 bridgehead atoms. The molecule has 3 rings (SSSR count). The van der Waals surface area contributed by atoms with Crippen LogP contribution in [0.1, 0.15) is 43.4 Å². The van der Waals surface area contributed by atoms with Crippen molar-refractivity contribution in [1.82, 2.24) is 10.2 Å². The molecule has 196 valence electrons. The maximum atomic E-state index is 13.6. The second-order valence-corrected chi connectivity index (χ2v) is 9.44. The third-order valence-electron chi connectivity index (χ3n) is 6.17. The van der Waals surface area contributed by atoms with Crippen LogP contribution >= 0.6 is 0 Å². The number of rotatable bonds is 13. The number of hydrogen-bond acceptors (Lipinski definition) is 4. The molecule has 0 aliphatic rings. The van der Waals surface area contributed by atoms with Gasteiger partial charge in [0.25, 0.3) is 0 Å². The van der Waals surface area contributed by atoms with Crippen LogP contribution < -0.4 is 14.8 Å². The zero-order valence-corrected chi connectivity index (χ0v) is 22.3. The Bertz CT molecular complexity index is 1130. The van der Waals surface area contributed by atoms with E-state index in [2.05, 4.69) is 5.32 Å². The molecule has 0 aromatic heterocycles. The lowest BCUT2D eigenvalue weighted by atomic mass is 10.0. The van der Waals surface area contributed by atoms with Crippen LogP contribution in [0.2, 0.25) is 0 Å². The number of methoxy groups -OCH3 is 1. The second kappa shape index (κ2) is 14.1. The van der Waals surface area contributed by atoms with E-state index in [1.165, 1.54) is 0 Å². The number of aryl methyl sites for hydroxylation is 1. The lowest BCUT2D eigenvalue weighted by Gasteiger charge is -2.32. The minimum Gasteiger partial charge on any atom is -0.497 e. The average molecular weight is 503 g/mol. The summed E-state index contributed by atoms with van der Waals surface area (Å²) in [6.45, 7) is 6.66. The van der Waals surface area contributed by atoms with Gasteiger partial charge in [-0.1, -0.05) is 54.6 Å². The van der Waals surface area contributed by atoms with Gasteiger partial charge >= 0.3 is 0 Å². The zero-order valence-electron chi connectivity index (χ0n) is 22.3. The molecule has 6 nitrogen and oxygen atoms in total. The second-order valence-electron chi connectivity index (χ2n) is 9.44. The Morgan fingerprint density at radius 1 is 0.892 bits per heavy atom. The van der Waals surface area contributed by atoms with Crippen LogP contribution in [0.25, 0.3) is 0 Å². The maximum Gasteiger partial charge on any atom is 0.243 e. The molecule has 2 amide bonds. The van der Waals surface area contributed by atoms with Crippen molar-refractivity contribution in [2.45, 2.75) is 58.7 Å². The highest BCUT2D eigenvalue weighted by Crippen LogP contribution is 2.20. The monoisotopic (exact) mass is 502 g/mol. The minimum absolute atomic E-state index is 0.0286. The van der Waals surface area contributed by atoms with Crippen molar-refractivity contribution >= 4 is 11.8 Å². The number of nitrogens with one attached hydrogen (secondary N) is 1. The molecule has 1 unspecified atom stereocenters. The van der Waals surface area contributed by atoms with Crippen molar-refractivity contribution in [3.63, 3.8) is 0 Å². The lowest BCUT2D eigenvalue weighted by molar-refractivity contribution is -0.141. The minimum atomic E-state index is -0.626. The van der Waals surface area contributed by atoms with Gasteiger partial charge in [-0.15, -0.1) is 0 Å². The van der Waals surface area contributed by atoms with Gasteiger partial charge in [0, 0.05) is 25.4 Å². The Hall–Kier alpha value is -3.80. The van der Waals surface area contributed by atoms with Crippen LogP contribution in [-0.2, 0) is 22.6 Å². The third-order valence-corrected chi connectivity index (χ3v) is 6.17. The van der Waals surface area contributed by atoms with E-state index in [1.54, 1.807) is 12.0 Å². The molecule has 0 saturated heterocycles. The maximum absolute atomic E-state index is 13.6. The smallest absolute Gasteiger partial charge is 0.243 e. The van der Waals surface area contributed by atoms with Crippen molar-refractivity contribution in [2.75, 3.05) is 13.7 Å². The van der Waals surface area contributed by atoms with Crippen LogP contribution in [0.5, 0.6) is 11.5 Å². The Kier molecular flexibility index (Phi) is 10.6. The van der Waals surface area contributed by atoms with Gasteiger partial charge in [-0.05, 0) is 68.1 Å². The first-order valence-corrected chi connectivity index (χ1v) is 12.8. The molecule has 1 N–H and O–H groups in total. The summed E-state index contributed by atoms with van der Waals surface area (Å²) >= 11 is 0. The van der Waals surface area contributed by atoms with Crippen LogP contribution in [-0.4, -0.2) is 42.5 Å². The number of carbonyl (C=O) groups excluding carboxylic acids is 2. The molecule has 0 heterocycles. The summed E-state index contributed by atoms with van der Waals surface area (Å²) in [6, 6.07) is 24.6. The summed E-state index contributed by atoms with van der Waals surface area (Å²) in [7, 11) is 1.62. The van der Waals surface area contributed by atoms with Crippen LogP contribution in [0.4, 0.5) is 0 Å². The molecule has 0 aliphatic carbocycles. The van der Waals surface area contributed by atoms with Gasteiger partial charge in [0.05, 0.1) is 13.7 Å². The lowest BCUT2D eigenvalue weighted by Crippen LogP contribution is -2.51. The van der Waals surface area contributed by atoms with Crippen molar-refractivity contribution in [1.29, 1.82) is 0 Å². The standard InChI is InChI=1S/C31H38N2O4/c1-23(2)32-31(35)29(21-25-12-6-5-7-13-25)33(22-26-14-9-8-11-24(26)3)30(34)15-10-20-37-28-18-16-27(36-4)17-19-28/h5-9,11-14,16-19,23,29H,10,15,20-22H2,1-4H3,(H,32,35). The summed E-state index contributed by atoms with van der Waals surface area (Å²) < 4.78 is 11.0. The van der Waals surface area contributed by atoms with Crippen LogP contribution in [0, 0.1) is 6.92 Å². The topological polar surface area (TPSA) is 67.9 Å². The predicted molar refractivity (Wildman–Crippen MR) is 147 cm³/mol. The molecule has 37 heavy (non-hydrogen) atoms. The molecule has 0 fully saturated rings. The number of carbonyl (C=O) groups is 2. The highest BCUT2D eigenvalue weighted by Gasteiger charge is 2.30. The molecule has 0 radical (unpaired) electrons. The van der Waals surface area contributed by atoms with Gasteiger partial charge in [0.15, 0.2) is 0 Å². The fourth-order valence-corrected chi connectivity index (χ4v) is 4.13. The van der Waals surface area contributed by atoms with E-state index in [4.69, 9.17) is 9.47 Å². The number of nitrogens with zero attached hydrogens (tertiary/aromatic N) is 1. The number of amides is 2. The van der Waals surface area contributed by atoms with Crippen molar-refractivity contribution in [2.24, 2.45) is 0 Å². The van der Waals surface area contributed by atoms with Gasteiger partial charge < -0.3 is 19.7 Å². The Morgan fingerprint density at radius 3 is 2.19 bits per heavy atom. The van der Waals surface area contributed by atoms with Crippen molar-refractivity contribution in [3.05, 3.63) is 95.6 Å². The molecule has 3 aromatic rings. The SMILES string of the molecule is COc1ccc(OCCCC(=O)N(Cc2ccccc2C)C(Cc2ccccc2)C(=O)NC(C)C)cc1. The Balaban J connectivity index is 1.77. The van der Waals surface area contributed by atoms with Crippen molar-refractivity contribution < 1.29 is 19.1 Å². The molecule has 0 aliphatic heterocycles. The molecule has 0 spiro atoms. The fourth-order valence-electron chi connectivity index (χ4n) is 4.13. The summed E-state index contributed by atoms with van der Waals surface area (Å²) in [4.78, 5) is 28.8. The average Bonchev–Trinajstić information content (AvgIpc) is 2.90. The summed E-state index contributed by atoms with van der Waals surface area (Å²) in [5.41, 5.74) is 3.13. The van der Waals surface area contributed by atoms with Gasteiger partial charge in [0.2, 0.25) is 11.8 Å². The van der Waals surface area contributed by atoms with Crippen LogP contribution in [0.3, 0.4) is 0 Å². The van der Waals surface area contributed by atoms with Gasteiger partial charge in [-0.2, -0.15) is 0 Å². The highest BCUT2D eigenvalue weighted by atomic mass is 16.5. The molecular formula is C31H38N2O4. The Labute approximate surface area is 220 Å². The largest absolute Gasteiger partial charge is 0.497 e. The van der Waals surface area contributed by atoms with E-state index in [0.29, 0.717) is 26.0 Å². The molecular weight excluding hydrogens is 464 g/mol. The van der Waals surface area contributed by atoms with E-state index >= 15 is 0 Å². The van der Waals surface area contributed by atoms with Gasteiger partial charge in [-0.25, -0.2) is 0 Å². The van der Waals surface area contributed by atoms with E-state index in [-0.39, 0.29) is 24.3 Å². The normalized spacial score (nSPS) is 11.6. The van der Waals surface area contributed by atoms with E-state index < -0.39 is 6.04 Å². The summed E-state index contributed by atoms with van der Waals surface area (Å²) in [5.74, 6) is 1.28. The fraction of sp³-hybridized carbons (Fsp3) is 0.355. The molecule has 1 atom stereocenters. The van der Waals surface area contributed by atoms with E-state index in [1.807, 2.05) is 99.6 Å². The summed E-state index contributed by atoms with van der Waals surface area (Å²) in [5, 5.41) is 3.03. The van der Waals surface area contributed by atoms with Crippen LogP contribution in [0.15, 0.2) is 78.9 Å². The number of ether oxygens (including phenoxy) is 2. The van der Waals surface area contributed by atoms with Gasteiger partial charge in [-0.3, -0.25) is 9.59 Å². The summed E-state index contributed by atoms with van der Waals surface area (Å²) in [6.07, 6.45) is 1.26. The first-order valence-electron chi connectivity index (χ1n) is 12.8. The van der Waals surface area contributed by atoms with E-state index in [0.717, 1.165) is 28.2 Å².